The molecule has 0 bridgehead atoms. The summed E-state index contributed by atoms with van der Waals surface area (Å²) in [5.41, 5.74) is 1.19. The third kappa shape index (κ3) is 4.20. The first kappa shape index (κ1) is 16.6. The van der Waals surface area contributed by atoms with Crippen LogP contribution in [0, 0.1) is 5.41 Å². The lowest BCUT2D eigenvalue weighted by Crippen LogP contribution is -2.27. The fourth-order valence-corrected chi connectivity index (χ4v) is 2.05. The van der Waals surface area contributed by atoms with Crippen molar-refractivity contribution >= 4 is 23.1 Å². The molecule has 0 aliphatic carbocycles. The summed E-state index contributed by atoms with van der Waals surface area (Å²) >= 11 is 0. The van der Waals surface area contributed by atoms with Gasteiger partial charge < -0.3 is 10.6 Å². The van der Waals surface area contributed by atoms with Gasteiger partial charge in [-0.05, 0) is 30.3 Å². The highest BCUT2D eigenvalue weighted by molar-refractivity contribution is 5.94. The minimum absolute atomic E-state index is 0.0205. The summed E-state index contributed by atoms with van der Waals surface area (Å²) in [6.45, 7) is 5.64. The quantitative estimate of drug-likeness (QED) is 0.763. The Kier molecular flexibility index (Phi) is 4.47. The number of rotatable bonds is 4. The fraction of sp³-hybridized carbons (Fsp3) is 0.222. The van der Waals surface area contributed by atoms with Crippen molar-refractivity contribution < 1.29 is 4.79 Å². The van der Waals surface area contributed by atoms with Crippen LogP contribution < -0.4 is 10.6 Å². The normalized spacial score (nSPS) is 11.2. The Hall–Kier alpha value is -3.22. The molecule has 128 valence electrons. The van der Waals surface area contributed by atoms with Crippen LogP contribution in [0.2, 0.25) is 0 Å². The van der Waals surface area contributed by atoms with Gasteiger partial charge in [-0.3, -0.25) is 4.79 Å². The molecule has 0 saturated heterocycles. The predicted molar refractivity (Wildman–Crippen MR) is 97.0 cm³/mol. The molecule has 0 aliphatic rings. The molecule has 2 heterocycles. The van der Waals surface area contributed by atoms with Gasteiger partial charge in [-0.2, -0.15) is 5.10 Å². The van der Waals surface area contributed by atoms with Gasteiger partial charge in [0, 0.05) is 35.2 Å². The van der Waals surface area contributed by atoms with E-state index < -0.39 is 5.41 Å². The number of nitrogens with zero attached hydrogens (tertiary/aromatic N) is 4. The van der Waals surface area contributed by atoms with Crippen molar-refractivity contribution in [3.63, 3.8) is 0 Å². The van der Waals surface area contributed by atoms with Crippen LogP contribution in [0.4, 0.5) is 17.2 Å². The molecule has 7 nitrogen and oxygen atoms in total. The summed E-state index contributed by atoms with van der Waals surface area (Å²) in [5, 5.41) is 10.3. The third-order valence-corrected chi connectivity index (χ3v) is 3.49. The average Bonchev–Trinajstić information content (AvgIpc) is 3.11. The Bertz CT molecular complexity index is 850. The van der Waals surface area contributed by atoms with Gasteiger partial charge in [0.05, 0.1) is 0 Å². The van der Waals surface area contributed by atoms with Crippen LogP contribution in [-0.4, -0.2) is 25.7 Å². The molecule has 3 aromatic rings. The molecule has 0 radical (unpaired) electrons. The Morgan fingerprint density at radius 2 is 1.80 bits per heavy atom. The Morgan fingerprint density at radius 3 is 2.44 bits per heavy atom. The first-order valence-corrected chi connectivity index (χ1v) is 7.92. The number of hydrogen-bond acceptors (Lipinski definition) is 5. The molecular formula is C18H20N6O. The van der Waals surface area contributed by atoms with Gasteiger partial charge in [-0.1, -0.05) is 20.8 Å². The fourth-order valence-electron chi connectivity index (χ4n) is 2.05. The molecule has 2 N–H and O–H groups in total. The van der Waals surface area contributed by atoms with Gasteiger partial charge in [-0.15, -0.1) is 0 Å². The zero-order valence-electron chi connectivity index (χ0n) is 14.4. The van der Waals surface area contributed by atoms with Crippen molar-refractivity contribution in [1.82, 2.24) is 19.7 Å². The Labute approximate surface area is 146 Å². The molecule has 0 atom stereocenters. The van der Waals surface area contributed by atoms with E-state index in [2.05, 4.69) is 25.7 Å². The highest BCUT2D eigenvalue weighted by Crippen LogP contribution is 2.21. The van der Waals surface area contributed by atoms with Crippen molar-refractivity contribution in [2.24, 2.45) is 5.41 Å². The van der Waals surface area contributed by atoms with Gasteiger partial charge in [0.15, 0.2) is 5.82 Å². The van der Waals surface area contributed by atoms with E-state index in [9.17, 15) is 4.79 Å². The van der Waals surface area contributed by atoms with Crippen molar-refractivity contribution in [3.05, 3.63) is 55.1 Å². The molecule has 3 rings (SSSR count). The highest BCUT2D eigenvalue weighted by atomic mass is 16.2. The van der Waals surface area contributed by atoms with E-state index in [1.165, 1.54) is 6.33 Å². The van der Waals surface area contributed by atoms with E-state index in [1.54, 1.807) is 10.9 Å². The number of hydrogen-bond donors (Lipinski definition) is 2. The second kappa shape index (κ2) is 6.72. The number of nitrogens with one attached hydrogen (secondary N) is 2. The molecule has 7 heteroatoms. The number of benzene rings is 1. The lowest BCUT2D eigenvalue weighted by atomic mass is 9.95. The van der Waals surface area contributed by atoms with Gasteiger partial charge in [0.25, 0.3) is 0 Å². The summed E-state index contributed by atoms with van der Waals surface area (Å²) in [4.78, 5) is 20.4. The number of amides is 1. The maximum atomic E-state index is 12.0. The summed E-state index contributed by atoms with van der Waals surface area (Å²) in [7, 11) is 0. The monoisotopic (exact) mass is 336 g/mol. The van der Waals surface area contributed by atoms with Crippen LogP contribution in [0.3, 0.4) is 0 Å². The average molecular weight is 336 g/mol. The largest absolute Gasteiger partial charge is 0.340 e. The summed E-state index contributed by atoms with van der Waals surface area (Å²) in [6, 6.07) is 11.1. The molecule has 0 fully saturated rings. The van der Waals surface area contributed by atoms with Crippen molar-refractivity contribution in [3.8, 4) is 5.82 Å². The molecule has 0 saturated carbocycles. The van der Waals surface area contributed by atoms with E-state index in [-0.39, 0.29) is 5.91 Å². The lowest BCUT2D eigenvalue weighted by Gasteiger charge is -2.17. The maximum Gasteiger partial charge on any atom is 0.229 e. The number of anilines is 3. The summed E-state index contributed by atoms with van der Waals surface area (Å²) < 4.78 is 1.66. The van der Waals surface area contributed by atoms with Crippen LogP contribution >= 0.6 is 0 Å². The van der Waals surface area contributed by atoms with Gasteiger partial charge in [0.2, 0.25) is 5.91 Å². The van der Waals surface area contributed by atoms with Crippen molar-refractivity contribution in [2.75, 3.05) is 10.6 Å². The van der Waals surface area contributed by atoms with E-state index >= 15 is 0 Å². The van der Waals surface area contributed by atoms with E-state index in [0.717, 1.165) is 11.4 Å². The van der Waals surface area contributed by atoms with E-state index in [0.29, 0.717) is 11.6 Å². The molecule has 2 aromatic heterocycles. The molecular weight excluding hydrogens is 316 g/mol. The minimum Gasteiger partial charge on any atom is -0.340 e. The van der Waals surface area contributed by atoms with Gasteiger partial charge in [0.1, 0.15) is 12.1 Å². The SMILES string of the molecule is CC(C)(C)C(=O)Nc1ccc(Nc2cc(-n3cccn3)ncn2)cc1. The maximum absolute atomic E-state index is 12.0. The second-order valence-electron chi connectivity index (χ2n) is 6.62. The molecule has 25 heavy (non-hydrogen) atoms. The van der Waals surface area contributed by atoms with E-state index in [1.807, 2.05) is 63.4 Å². The zero-order chi connectivity index (χ0) is 17.9. The van der Waals surface area contributed by atoms with Crippen LogP contribution in [0.15, 0.2) is 55.1 Å². The summed E-state index contributed by atoms with van der Waals surface area (Å²) in [5.74, 6) is 1.32. The number of carbonyl (C=O) groups excluding carboxylic acids is 1. The standard InChI is InChI=1S/C18H20N6O/c1-18(2,3)17(25)23-14-7-5-13(6-8-14)22-15-11-16(20-12-19-15)24-10-4-9-21-24/h4-12H,1-3H3,(H,23,25)(H,19,20,22). The smallest absolute Gasteiger partial charge is 0.229 e. The zero-order valence-corrected chi connectivity index (χ0v) is 14.4. The molecule has 1 aromatic carbocycles. The van der Waals surface area contributed by atoms with Crippen LogP contribution in [0.25, 0.3) is 5.82 Å². The highest BCUT2D eigenvalue weighted by Gasteiger charge is 2.20. The number of aromatic nitrogens is 4. The molecule has 0 spiro atoms. The topological polar surface area (TPSA) is 84.7 Å². The Balaban J connectivity index is 1.70. The number of carbonyl (C=O) groups is 1. The first-order valence-electron chi connectivity index (χ1n) is 7.92. The molecule has 0 unspecified atom stereocenters. The third-order valence-electron chi connectivity index (χ3n) is 3.49. The lowest BCUT2D eigenvalue weighted by molar-refractivity contribution is -0.123. The van der Waals surface area contributed by atoms with Crippen LogP contribution in [0.5, 0.6) is 0 Å². The van der Waals surface area contributed by atoms with Crippen molar-refractivity contribution in [2.45, 2.75) is 20.8 Å². The Morgan fingerprint density at radius 1 is 1.08 bits per heavy atom. The molecule has 0 aliphatic heterocycles. The summed E-state index contributed by atoms with van der Waals surface area (Å²) in [6.07, 6.45) is 5.00. The van der Waals surface area contributed by atoms with E-state index in [4.69, 9.17) is 0 Å². The predicted octanol–water partition coefficient (Wildman–Crippen LogP) is 3.39. The van der Waals surface area contributed by atoms with Crippen LogP contribution in [0.1, 0.15) is 20.8 Å². The van der Waals surface area contributed by atoms with Crippen molar-refractivity contribution in [1.29, 1.82) is 0 Å². The minimum atomic E-state index is -0.430. The molecule has 1 amide bonds. The van der Waals surface area contributed by atoms with Crippen LogP contribution in [-0.2, 0) is 4.79 Å². The first-order chi connectivity index (χ1) is 11.9. The van der Waals surface area contributed by atoms with Gasteiger partial charge >= 0.3 is 0 Å². The van der Waals surface area contributed by atoms with Gasteiger partial charge in [-0.25, -0.2) is 14.6 Å². The second-order valence-corrected chi connectivity index (χ2v) is 6.62.